The van der Waals surface area contributed by atoms with Gasteiger partial charge in [-0.1, -0.05) is 12.5 Å². The van der Waals surface area contributed by atoms with Gasteiger partial charge in [-0.2, -0.15) is 15.4 Å². The van der Waals surface area contributed by atoms with Crippen molar-refractivity contribution in [2.45, 2.75) is 25.8 Å². The molecule has 2 heterocycles. The van der Waals surface area contributed by atoms with E-state index in [2.05, 4.69) is 32.4 Å². The first kappa shape index (κ1) is 15.2. The van der Waals surface area contributed by atoms with Crippen molar-refractivity contribution < 1.29 is 0 Å². The van der Waals surface area contributed by atoms with Gasteiger partial charge in [0.1, 0.15) is 11.0 Å². The maximum absolute atomic E-state index is 4.12. The molecule has 100 valence electrons. The number of nitrogens with zero attached hydrogens (tertiary/aromatic N) is 3. The summed E-state index contributed by atoms with van der Waals surface area (Å²) in [5.41, 5.74) is 3.25. The van der Waals surface area contributed by atoms with Crippen LogP contribution in [0.3, 0.4) is 0 Å². The number of likely N-dealkylation sites (tertiary alicyclic amines) is 1. The van der Waals surface area contributed by atoms with E-state index in [-0.39, 0.29) is 24.8 Å². The molecule has 0 aliphatic carbocycles. The predicted molar refractivity (Wildman–Crippen MR) is 77.5 cm³/mol. The molecular weight excluding hydrogens is 271 g/mol. The fourth-order valence-electron chi connectivity index (χ4n) is 2.36. The zero-order valence-electron chi connectivity index (χ0n) is 10.1. The predicted octanol–water partition coefficient (Wildman–Crippen LogP) is 2.79. The van der Waals surface area contributed by atoms with Crippen LogP contribution in [-0.4, -0.2) is 33.4 Å². The van der Waals surface area contributed by atoms with Crippen molar-refractivity contribution in [3.8, 4) is 0 Å². The first-order chi connectivity index (χ1) is 7.92. The quantitative estimate of drug-likeness (QED) is 0.924. The van der Waals surface area contributed by atoms with Crippen LogP contribution in [-0.2, 0) is 6.54 Å². The molecule has 1 N–H and O–H groups in total. The topological polar surface area (TPSA) is 44.8 Å². The Kier molecular flexibility index (Phi) is 5.85. The lowest BCUT2D eigenvalue weighted by Gasteiger charge is -2.26. The van der Waals surface area contributed by atoms with E-state index in [0.29, 0.717) is 0 Å². The number of rotatable bonds is 2. The van der Waals surface area contributed by atoms with Crippen LogP contribution in [0.4, 0.5) is 0 Å². The Hall–Kier alpha value is -0.840. The van der Waals surface area contributed by atoms with Crippen LogP contribution in [0.25, 0.3) is 11.0 Å². The molecule has 0 radical (unpaired) electrons. The molecule has 0 atom stereocenters. The normalized spacial score (nSPS) is 16.0. The van der Waals surface area contributed by atoms with Crippen LogP contribution in [0.1, 0.15) is 24.8 Å². The zero-order valence-corrected chi connectivity index (χ0v) is 11.8. The lowest BCUT2D eigenvalue weighted by molar-refractivity contribution is 0.221. The summed E-state index contributed by atoms with van der Waals surface area (Å²) < 4.78 is 0. The highest BCUT2D eigenvalue weighted by Crippen LogP contribution is 2.15. The van der Waals surface area contributed by atoms with Crippen molar-refractivity contribution in [3.05, 3.63) is 23.8 Å². The van der Waals surface area contributed by atoms with E-state index >= 15 is 0 Å². The summed E-state index contributed by atoms with van der Waals surface area (Å²) in [7, 11) is 0. The van der Waals surface area contributed by atoms with Crippen molar-refractivity contribution in [1.82, 2.24) is 20.3 Å². The highest BCUT2D eigenvalue weighted by Gasteiger charge is 2.10. The molecule has 6 heteroatoms. The van der Waals surface area contributed by atoms with Gasteiger partial charge in [0.15, 0.2) is 0 Å². The van der Waals surface area contributed by atoms with Crippen LogP contribution in [0.5, 0.6) is 0 Å². The van der Waals surface area contributed by atoms with Crippen molar-refractivity contribution in [2.24, 2.45) is 0 Å². The van der Waals surface area contributed by atoms with Crippen LogP contribution in [0.15, 0.2) is 18.2 Å². The highest BCUT2D eigenvalue weighted by atomic mass is 35.5. The highest BCUT2D eigenvalue weighted by molar-refractivity contribution is 5.85. The summed E-state index contributed by atoms with van der Waals surface area (Å²) >= 11 is 0. The van der Waals surface area contributed by atoms with Gasteiger partial charge < -0.3 is 0 Å². The molecule has 0 bridgehead atoms. The Bertz CT molecular complexity index is 480. The fraction of sp³-hybridized carbons (Fsp3) is 0.500. The van der Waals surface area contributed by atoms with Gasteiger partial charge in [-0.15, -0.1) is 24.8 Å². The molecule has 18 heavy (non-hydrogen) atoms. The van der Waals surface area contributed by atoms with Crippen molar-refractivity contribution in [2.75, 3.05) is 13.1 Å². The van der Waals surface area contributed by atoms with Crippen LogP contribution in [0, 0.1) is 0 Å². The van der Waals surface area contributed by atoms with Gasteiger partial charge in [-0.25, -0.2) is 0 Å². The summed E-state index contributed by atoms with van der Waals surface area (Å²) in [6.07, 6.45) is 4.07. The Balaban J connectivity index is 0.000000810. The van der Waals surface area contributed by atoms with Gasteiger partial charge in [0.2, 0.25) is 0 Å². The molecule has 4 nitrogen and oxygen atoms in total. The van der Waals surface area contributed by atoms with E-state index < -0.39 is 0 Å². The third-order valence-electron chi connectivity index (χ3n) is 3.24. The summed E-state index contributed by atoms with van der Waals surface area (Å²) in [5.74, 6) is 0. The molecule has 0 spiro atoms. The standard InChI is InChI=1S/C12H16N4.2ClH/c1-2-6-16(7-3-1)9-10-4-5-11-12(8-10)14-15-13-11;;/h4-5,8H,1-3,6-7,9H2,(H,13,14,15);2*1H. The largest absolute Gasteiger partial charge is 0.299 e. The van der Waals surface area contributed by atoms with E-state index in [1.165, 1.54) is 37.9 Å². The average Bonchev–Trinajstić information content (AvgIpc) is 2.77. The fourth-order valence-corrected chi connectivity index (χ4v) is 2.36. The number of benzene rings is 1. The van der Waals surface area contributed by atoms with Crippen LogP contribution < -0.4 is 0 Å². The van der Waals surface area contributed by atoms with Gasteiger partial charge in [0.05, 0.1) is 0 Å². The number of H-pyrrole nitrogens is 1. The van der Waals surface area contributed by atoms with Crippen LogP contribution >= 0.6 is 24.8 Å². The number of hydrogen-bond donors (Lipinski definition) is 1. The zero-order chi connectivity index (χ0) is 10.8. The minimum atomic E-state index is 0. The minimum Gasteiger partial charge on any atom is -0.299 e. The molecule has 1 aliphatic rings. The Morgan fingerprint density at radius 2 is 1.72 bits per heavy atom. The van der Waals surface area contributed by atoms with E-state index in [1.807, 2.05) is 6.07 Å². The third-order valence-corrected chi connectivity index (χ3v) is 3.24. The summed E-state index contributed by atoms with van der Waals surface area (Å²) in [6.45, 7) is 3.51. The maximum Gasteiger partial charge on any atom is 0.113 e. The second kappa shape index (κ2) is 6.92. The van der Waals surface area contributed by atoms with Gasteiger partial charge in [0.25, 0.3) is 0 Å². The molecule has 1 aromatic carbocycles. The molecule has 1 fully saturated rings. The number of hydrogen-bond acceptors (Lipinski definition) is 3. The first-order valence-electron chi connectivity index (χ1n) is 5.93. The number of piperidine rings is 1. The Labute approximate surface area is 119 Å². The molecular formula is C12H18Cl2N4. The second-order valence-electron chi connectivity index (χ2n) is 4.48. The molecule has 0 unspecified atom stereocenters. The average molecular weight is 289 g/mol. The summed E-state index contributed by atoms with van der Waals surface area (Å²) in [6, 6.07) is 6.32. The number of fused-ring (bicyclic) bond motifs is 1. The molecule has 1 aromatic heterocycles. The first-order valence-corrected chi connectivity index (χ1v) is 5.93. The van der Waals surface area contributed by atoms with E-state index in [0.717, 1.165) is 17.6 Å². The van der Waals surface area contributed by atoms with E-state index in [4.69, 9.17) is 0 Å². The maximum atomic E-state index is 4.12. The number of aromatic nitrogens is 3. The van der Waals surface area contributed by atoms with Crippen molar-refractivity contribution >= 4 is 35.8 Å². The van der Waals surface area contributed by atoms with Crippen molar-refractivity contribution in [3.63, 3.8) is 0 Å². The summed E-state index contributed by atoms with van der Waals surface area (Å²) in [4.78, 5) is 2.52. The molecule has 1 aliphatic heterocycles. The Morgan fingerprint density at radius 3 is 2.50 bits per heavy atom. The van der Waals surface area contributed by atoms with E-state index in [1.54, 1.807) is 0 Å². The second-order valence-corrected chi connectivity index (χ2v) is 4.48. The van der Waals surface area contributed by atoms with E-state index in [9.17, 15) is 0 Å². The van der Waals surface area contributed by atoms with Gasteiger partial charge in [-0.3, -0.25) is 4.90 Å². The third kappa shape index (κ3) is 3.34. The van der Waals surface area contributed by atoms with Gasteiger partial charge in [-0.05, 0) is 43.6 Å². The molecule has 2 aromatic rings. The molecule has 0 amide bonds. The van der Waals surface area contributed by atoms with Crippen LogP contribution in [0.2, 0.25) is 0 Å². The van der Waals surface area contributed by atoms with Crippen molar-refractivity contribution in [1.29, 1.82) is 0 Å². The smallest absolute Gasteiger partial charge is 0.113 e. The van der Waals surface area contributed by atoms with Gasteiger partial charge >= 0.3 is 0 Å². The number of nitrogens with one attached hydrogen (secondary N) is 1. The lowest BCUT2D eigenvalue weighted by Crippen LogP contribution is -2.29. The summed E-state index contributed by atoms with van der Waals surface area (Å²) in [5, 5.41) is 10.8. The molecule has 1 saturated heterocycles. The lowest BCUT2D eigenvalue weighted by atomic mass is 10.1. The Morgan fingerprint density at radius 1 is 1.00 bits per heavy atom. The molecule has 0 saturated carbocycles. The number of halogens is 2. The monoisotopic (exact) mass is 288 g/mol. The minimum absolute atomic E-state index is 0. The van der Waals surface area contributed by atoms with Gasteiger partial charge in [0, 0.05) is 6.54 Å². The number of aromatic amines is 1. The molecule has 3 rings (SSSR count). The SMILES string of the molecule is Cl.Cl.c1cc2n[nH]nc2cc1CN1CCCCC1.